The van der Waals surface area contributed by atoms with E-state index in [0.29, 0.717) is 12.6 Å². The van der Waals surface area contributed by atoms with E-state index in [0.717, 1.165) is 31.6 Å². The molecule has 1 heterocycles. The molecule has 1 aromatic carbocycles. The van der Waals surface area contributed by atoms with Crippen LogP contribution in [-0.4, -0.2) is 43.5 Å². The van der Waals surface area contributed by atoms with E-state index in [1.165, 1.54) is 11.1 Å². The van der Waals surface area contributed by atoms with E-state index in [1.54, 1.807) is 0 Å². The van der Waals surface area contributed by atoms with Crippen LogP contribution in [0.15, 0.2) is 18.2 Å². The summed E-state index contributed by atoms with van der Waals surface area (Å²) in [6, 6.07) is 6.54. The number of rotatable bonds is 5. The lowest BCUT2D eigenvalue weighted by atomic mass is 9.98. The van der Waals surface area contributed by atoms with Crippen molar-refractivity contribution in [1.82, 2.24) is 15.5 Å². The van der Waals surface area contributed by atoms with E-state index in [2.05, 4.69) is 42.5 Å². The van der Waals surface area contributed by atoms with Gasteiger partial charge in [-0.1, -0.05) is 6.07 Å². The summed E-state index contributed by atoms with van der Waals surface area (Å²) in [6.07, 6.45) is 1.05. The van der Waals surface area contributed by atoms with Gasteiger partial charge in [0, 0.05) is 31.2 Å². The lowest BCUT2D eigenvalue weighted by molar-refractivity contribution is 0.0948. The molecule has 1 aromatic rings. The Morgan fingerprint density at radius 1 is 1.40 bits per heavy atom. The van der Waals surface area contributed by atoms with Crippen LogP contribution in [-0.2, 0) is 13.0 Å². The van der Waals surface area contributed by atoms with Crippen LogP contribution in [0.3, 0.4) is 0 Å². The normalized spacial score (nSPS) is 14.4. The maximum absolute atomic E-state index is 12.1. The van der Waals surface area contributed by atoms with E-state index in [9.17, 15) is 4.79 Å². The number of nitrogens with one attached hydrogen (secondary N) is 2. The molecule has 20 heavy (non-hydrogen) atoms. The zero-order chi connectivity index (χ0) is 14.5. The Hall–Kier alpha value is -1.39. The van der Waals surface area contributed by atoms with Gasteiger partial charge in [0.15, 0.2) is 0 Å². The highest BCUT2D eigenvalue weighted by Gasteiger charge is 2.12. The third kappa shape index (κ3) is 3.81. The Morgan fingerprint density at radius 3 is 2.95 bits per heavy atom. The van der Waals surface area contributed by atoms with Crippen LogP contribution in [0.2, 0.25) is 0 Å². The van der Waals surface area contributed by atoms with Crippen LogP contribution in [0, 0.1) is 0 Å². The molecular formula is C16H25N3O. The van der Waals surface area contributed by atoms with E-state index < -0.39 is 0 Å². The van der Waals surface area contributed by atoms with Gasteiger partial charge in [0.2, 0.25) is 0 Å². The summed E-state index contributed by atoms with van der Waals surface area (Å²) in [5, 5.41) is 6.33. The summed E-state index contributed by atoms with van der Waals surface area (Å²) in [5.41, 5.74) is 3.38. The molecule has 4 nitrogen and oxygen atoms in total. The van der Waals surface area contributed by atoms with Crippen molar-refractivity contribution in [1.29, 1.82) is 0 Å². The summed E-state index contributed by atoms with van der Waals surface area (Å²) in [4.78, 5) is 14.4. The fraction of sp³-hybridized carbons (Fsp3) is 0.562. The van der Waals surface area contributed by atoms with Gasteiger partial charge < -0.3 is 15.5 Å². The minimum absolute atomic E-state index is 0.0236. The van der Waals surface area contributed by atoms with Crippen LogP contribution < -0.4 is 10.6 Å². The van der Waals surface area contributed by atoms with E-state index in [4.69, 9.17) is 0 Å². The molecule has 0 saturated carbocycles. The molecule has 0 spiro atoms. The first-order valence-corrected chi connectivity index (χ1v) is 7.39. The van der Waals surface area contributed by atoms with E-state index in [-0.39, 0.29) is 5.91 Å². The molecule has 0 bridgehead atoms. The summed E-state index contributed by atoms with van der Waals surface area (Å²) in [7, 11) is 2.07. The van der Waals surface area contributed by atoms with Gasteiger partial charge in [0.05, 0.1) is 0 Å². The Kier molecular flexibility index (Phi) is 5.15. The number of fused-ring (bicyclic) bond motifs is 1. The van der Waals surface area contributed by atoms with Gasteiger partial charge in [-0.3, -0.25) is 4.79 Å². The topological polar surface area (TPSA) is 44.4 Å². The molecule has 4 heteroatoms. The molecule has 110 valence electrons. The minimum atomic E-state index is 0.0236. The van der Waals surface area contributed by atoms with Gasteiger partial charge in [-0.05, 0) is 57.1 Å². The fourth-order valence-electron chi connectivity index (χ4n) is 2.33. The summed E-state index contributed by atoms with van der Waals surface area (Å²) in [5.74, 6) is 0.0236. The fourth-order valence-corrected chi connectivity index (χ4v) is 2.33. The quantitative estimate of drug-likeness (QED) is 0.854. The second-order valence-electron chi connectivity index (χ2n) is 5.74. The van der Waals surface area contributed by atoms with Crippen LogP contribution in [0.5, 0.6) is 0 Å². The summed E-state index contributed by atoms with van der Waals surface area (Å²) >= 11 is 0. The van der Waals surface area contributed by atoms with Crippen LogP contribution >= 0.6 is 0 Å². The monoisotopic (exact) mass is 275 g/mol. The van der Waals surface area contributed by atoms with Crippen molar-refractivity contribution in [2.45, 2.75) is 32.9 Å². The lowest BCUT2D eigenvalue weighted by Gasteiger charge is -2.21. The predicted octanol–water partition coefficient (Wildman–Crippen LogP) is 1.40. The van der Waals surface area contributed by atoms with Crippen molar-refractivity contribution < 1.29 is 4.79 Å². The Balaban J connectivity index is 1.89. The van der Waals surface area contributed by atoms with Gasteiger partial charge in [-0.25, -0.2) is 0 Å². The van der Waals surface area contributed by atoms with Crippen molar-refractivity contribution in [2.75, 3.05) is 26.7 Å². The molecule has 2 rings (SSSR count). The molecule has 2 N–H and O–H groups in total. The zero-order valence-corrected chi connectivity index (χ0v) is 12.7. The molecule has 1 amide bonds. The maximum Gasteiger partial charge on any atom is 0.251 e. The van der Waals surface area contributed by atoms with Crippen molar-refractivity contribution >= 4 is 5.91 Å². The molecule has 0 aliphatic carbocycles. The van der Waals surface area contributed by atoms with E-state index in [1.807, 2.05) is 12.1 Å². The predicted molar refractivity (Wildman–Crippen MR) is 82.0 cm³/mol. The molecule has 1 aliphatic heterocycles. The molecular weight excluding hydrogens is 250 g/mol. The largest absolute Gasteiger partial charge is 0.351 e. The third-order valence-electron chi connectivity index (χ3n) is 3.99. The van der Waals surface area contributed by atoms with Gasteiger partial charge in [-0.15, -0.1) is 0 Å². The minimum Gasteiger partial charge on any atom is -0.351 e. The molecule has 0 aromatic heterocycles. The number of nitrogens with zero attached hydrogens (tertiary/aromatic N) is 1. The number of benzene rings is 1. The molecule has 0 radical (unpaired) electrons. The second-order valence-corrected chi connectivity index (χ2v) is 5.74. The third-order valence-corrected chi connectivity index (χ3v) is 3.99. The van der Waals surface area contributed by atoms with Gasteiger partial charge in [0.1, 0.15) is 0 Å². The first kappa shape index (κ1) is 15.0. The number of carbonyl (C=O) groups is 1. The zero-order valence-electron chi connectivity index (χ0n) is 12.7. The Labute approximate surface area is 121 Å². The highest BCUT2D eigenvalue weighted by atomic mass is 16.1. The lowest BCUT2D eigenvalue weighted by Crippen LogP contribution is -2.36. The number of hydrogen-bond donors (Lipinski definition) is 2. The highest BCUT2D eigenvalue weighted by molar-refractivity contribution is 5.94. The first-order valence-electron chi connectivity index (χ1n) is 7.39. The van der Waals surface area contributed by atoms with Crippen molar-refractivity contribution in [2.24, 2.45) is 0 Å². The number of carbonyl (C=O) groups excluding carboxylic acids is 1. The maximum atomic E-state index is 12.1. The molecule has 0 saturated heterocycles. The summed E-state index contributed by atoms with van der Waals surface area (Å²) < 4.78 is 0. The molecule has 1 aliphatic rings. The smallest absolute Gasteiger partial charge is 0.251 e. The van der Waals surface area contributed by atoms with Gasteiger partial charge in [-0.2, -0.15) is 0 Å². The second kappa shape index (κ2) is 6.86. The van der Waals surface area contributed by atoms with Crippen LogP contribution in [0.1, 0.15) is 35.3 Å². The van der Waals surface area contributed by atoms with E-state index >= 15 is 0 Å². The van der Waals surface area contributed by atoms with Gasteiger partial charge >= 0.3 is 0 Å². The highest BCUT2D eigenvalue weighted by Crippen LogP contribution is 2.15. The Bertz CT molecular complexity index is 471. The average molecular weight is 275 g/mol. The first-order chi connectivity index (χ1) is 9.58. The molecule has 0 atom stereocenters. The molecule has 0 fully saturated rings. The Morgan fingerprint density at radius 2 is 2.20 bits per heavy atom. The van der Waals surface area contributed by atoms with Crippen LogP contribution in [0.25, 0.3) is 0 Å². The number of hydrogen-bond acceptors (Lipinski definition) is 3. The van der Waals surface area contributed by atoms with Crippen molar-refractivity contribution in [3.8, 4) is 0 Å². The van der Waals surface area contributed by atoms with Crippen molar-refractivity contribution in [3.63, 3.8) is 0 Å². The number of amides is 1. The standard InChI is InChI=1S/C16H25N3O/c1-12(2)19(3)9-8-18-16(20)14-5-4-13-6-7-17-11-15(13)10-14/h4-5,10,12,17H,6-9,11H2,1-3H3,(H,18,20). The summed E-state index contributed by atoms with van der Waals surface area (Å²) in [6.45, 7) is 7.75. The van der Waals surface area contributed by atoms with Crippen LogP contribution in [0.4, 0.5) is 0 Å². The number of likely N-dealkylation sites (N-methyl/N-ethyl adjacent to an activating group) is 1. The SMILES string of the molecule is CC(C)N(C)CCNC(=O)c1ccc2c(c1)CNCC2. The average Bonchev–Trinajstić information content (AvgIpc) is 2.46. The molecule has 0 unspecified atom stereocenters. The van der Waals surface area contributed by atoms with Crippen molar-refractivity contribution in [3.05, 3.63) is 34.9 Å². The van der Waals surface area contributed by atoms with Gasteiger partial charge in [0.25, 0.3) is 5.91 Å².